The van der Waals surface area contributed by atoms with Gasteiger partial charge in [-0.15, -0.1) is 0 Å². The Balaban J connectivity index is 1.63. The van der Waals surface area contributed by atoms with Gasteiger partial charge in [0.1, 0.15) is 0 Å². The van der Waals surface area contributed by atoms with Gasteiger partial charge in [-0.1, -0.05) is 22.8 Å². The van der Waals surface area contributed by atoms with Gasteiger partial charge in [-0.3, -0.25) is 14.7 Å². The van der Waals surface area contributed by atoms with Crippen molar-refractivity contribution in [2.75, 3.05) is 0 Å². The number of hydrogen-bond donors (Lipinski definition) is 1. The second kappa shape index (κ2) is 6.51. The van der Waals surface area contributed by atoms with E-state index >= 15 is 0 Å². The normalized spacial score (nSPS) is 19.4. The van der Waals surface area contributed by atoms with E-state index in [4.69, 9.17) is 16.1 Å². The standard InChI is InChI=1S/C19H15ClN4O3/c1-19(15-4-2-3-9-21-15)17(25)24(18(26)23-19)11-13-10-22-27-16(13)12-5-7-14(20)8-6-12/h2-10H,11H2,1H3,(H,23,26)/t19-/m0/s1. The molecular formula is C19H15ClN4O3. The van der Waals surface area contributed by atoms with Crippen molar-refractivity contribution in [3.8, 4) is 11.3 Å². The smallest absolute Gasteiger partial charge is 0.325 e. The van der Waals surface area contributed by atoms with E-state index < -0.39 is 11.6 Å². The minimum atomic E-state index is -1.21. The summed E-state index contributed by atoms with van der Waals surface area (Å²) in [6, 6.07) is 11.8. The van der Waals surface area contributed by atoms with E-state index in [-0.39, 0.29) is 12.5 Å². The van der Waals surface area contributed by atoms with Gasteiger partial charge in [-0.05, 0) is 43.3 Å². The number of nitrogens with one attached hydrogen (secondary N) is 1. The van der Waals surface area contributed by atoms with Gasteiger partial charge >= 0.3 is 6.03 Å². The Morgan fingerprint density at radius 2 is 1.96 bits per heavy atom. The number of rotatable bonds is 4. The molecule has 1 atom stereocenters. The summed E-state index contributed by atoms with van der Waals surface area (Å²) in [4.78, 5) is 30.8. The van der Waals surface area contributed by atoms with Crippen LogP contribution < -0.4 is 5.32 Å². The molecule has 3 amide bonds. The first-order chi connectivity index (χ1) is 13.0. The molecule has 136 valence electrons. The van der Waals surface area contributed by atoms with Crippen molar-refractivity contribution in [2.45, 2.75) is 19.0 Å². The Bertz CT molecular complexity index is 1000. The van der Waals surface area contributed by atoms with Gasteiger partial charge in [0.25, 0.3) is 5.91 Å². The molecule has 7 nitrogen and oxygen atoms in total. The number of halogens is 1. The Morgan fingerprint density at radius 1 is 1.19 bits per heavy atom. The van der Waals surface area contributed by atoms with Crippen LogP contribution in [0.2, 0.25) is 5.02 Å². The van der Waals surface area contributed by atoms with Crippen molar-refractivity contribution in [3.63, 3.8) is 0 Å². The number of aromatic nitrogens is 2. The van der Waals surface area contributed by atoms with Gasteiger partial charge in [-0.25, -0.2) is 4.79 Å². The highest BCUT2D eigenvalue weighted by atomic mass is 35.5. The third-order valence-corrected chi connectivity index (χ3v) is 4.78. The summed E-state index contributed by atoms with van der Waals surface area (Å²) in [7, 11) is 0. The molecule has 1 aromatic carbocycles. The first-order valence-corrected chi connectivity index (χ1v) is 8.62. The van der Waals surface area contributed by atoms with Gasteiger partial charge in [0, 0.05) is 22.3 Å². The summed E-state index contributed by atoms with van der Waals surface area (Å²) >= 11 is 5.92. The number of amides is 3. The lowest BCUT2D eigenvalue weighted by atomic mass is 9.97. The van der Waals surface area contributed by atoms with Gasteiger partial charge in [0.2, 0.25) is 0 Å². The highest BCUT2D eigenvalue weighted by Crippen LogP contribution is 2.31. The number of carbonyl (C=O) groups is 2. The number of imide groups is 1. The summed E-state index contributed by atoms with van der Waals surface area (Å²) < 4.78 is 5.33. The van der Waals surface area contributed by atoms with Crippen molar-refractivity contribution in [2.24, 2.45) is 0 Å². The van der Waals surface area contributed by atoms with Crippen molar-refractivity contribution >= 4 is 23.5 Å². The fourth-order valence-corrected chi connectivity index (χ4v) is 3.18. The van der Waals surface area contributed by atoms with Crippen molar-refractivity contribution in [1.82, 2.24) is 20.4 Å². The zero-order valence-corrected chi connectivity index (χ0v) is 15.1. The van der Waals surface area contributed by atoms with Gasteiger partial charge in [0.15, 0.2) is 11.3 Å². The molecule has 3 heterocycles. The molecule has 27 heavy (non-hydrogen) atoms. The van der Waals surface area contributed by atoms with Crippen LogP contribution in [0.4, 0.5) is 4.79 Å². The lowest BCUT2D eigenvalue weighted by Crippen LogP contribution is -2.41. The Labute approximate surface area is 159 Å². The van der Waals surface area contributed by atoms with Crippen LogP contribution in [0.25, 0.3) is 11.3 Å². The number of hydrogen-bond acceptors (Lipinski definition) is 5. The van der Waals surface area contributed by atoms with Gasteiger partial charge in [0.05, 0.1) is 18.4 Å². The third kappa shape index (κ3) is 2.96. The molecule has 0 spiro atoms. The summed E-state index contributed by atoms with van der Waals surface area (Å²) in [5.74, 6) is 0.105. The monoisotopic (exact) mass is 382 g/mol. The number of carbonyl (C=O) groups excluding carboxylic acids is 2. The van der Waals surface area contributed by atoms with Crippen LogP contribution in [0.1, 0.15) is 18.2 Å². The molecule has 1 fully saturated rings. The lowest BCUT2D eigenvalue weighted by Gasteiger charge is -2.20. The first-order valence-electron chi connectivity index (χ1n) is 8.24. The molecule has 4 rings (SSSR count). The van der Waals surface area contributed by atoms with Crippen molar-refractivity contribution in [3.05, 3.63) is 71.1 Å². The molecule has 3 aromatic rings. The Morgan fingerprint density at radius 3 is 2.67 bits per heavy atom. The quantitative estimate of drug-likeness (QED) is 0.699. The number of urea groups is 1. The van der Waals surface area contributed by atoms with E-state index in [1.54, 1.807) is 55.6 Å². The second-order valence-corrected chi connectivity index (χ2v) is 6.78. The van der Waals surface area contributed by atoms with E-state index in [9.17, 15) is 9.59 Å². The number of nitrogens with zero attached hydrogens (tertiary/aromatic N) is 3. The predicted octanol–water partition coefficient (Wildman–Crippen LogP) is 3.36. The number of pyridine rings is 1. The fraction of sp³-hybridized carbons (Fsp3) is 0.158. The minimum absolute atomic E-state index is 0.0363. The van der Waals surface area contributed by atoms with Crippen LogP contribution in [0.3, 0.4) is 0 Å². The molecular weight excluding hydrogens is 368 g/mol. The molecule has 0 aliphatic carbocycles. The summed E-state index contributed by atoms with van der Waals surface area (Å²) in [5.41, 5.74) is 0.641. The summed E-state index contributed by atoms with van der Waals surface area (Å²) in [6.07, 6.45) is 3.09. The molecule has 8 heteroatoms. The average Bonchev–Trinajstić information content (AvgIpc) is 3.22. The molecule has 1 aliphatic rings. The van der Waals surface area contributed by atoms with E-state index in [1.165, 1.54) is 6.20 Å². The molecule has 0 saturated carbocycles. The van der Waals surface area contributed by atoms with E-state index in [0.29, 0.717) is 22.0 Å². The molecule has 2 aromatic heterocycles. The zero-order valence-electron chi connectivity index (χ0n) is 14.3. The molecule has 1 N–H and O–H groups in total. The van der Waals surface area contributed by atoms with E-state index in [0.717, 1.165) is 10.5 Å². The predicted molar refractivity (Wildman–Crippen MR) is 97.6 cm³/mol. The SMILES string of the molecule is C[C@@]1(c2ccccn2)NC(=O)N(Cc2cnoc2-c2ccc(Cl)cc2)C1=O. The van der Waals surface area contributed by atoms with Crippen LogP contribution in [-0.4, -0.2) is 27.0 Å². The maximum absolute atomic E-state index is 13.0. The topological polar surface area (TPSA) is 88.3 Å². The molecule has 1 aliphatic heterocycles. The molecule has 0 bridgehead atoms. The highest BCUT2D eigenvalue weighted by molar-refractivity contribution is 6.30. The minimum Gasteiger partial charge on any atom is -0.356 e. The average molecular weight is 383 g/mol. The van der Waals surface area contributed by atoms with E-state index in [2.05, 4.69) is 15.5 Å². The fourth-order valence-electron chi connectivity index (χ4n) is 3.05. The molecule has 0 unspecified atom stereocenters. The lowest BCUT2D eigenvalue weighted by molar-refractivity contribution is -0.131. The summed E-state index contributed by atoms with van der Waals surface area (Å²) in [6.45, 7) is 1.68. The van der Waals surface area contributed by atoms with Crippen molar-refractivity contribution < 1.29 is 14.1 Å². The maximum Gasteiger partial charge on any atom is 0.325 e. The van der Waals surface area contributed by atoms with Crippen LogP contribution in [0.5, 0.6) is 0 Å². The van der Waals surface area contributed by atoms with Crippen LogP contribution >= 0.6 is 11.6 Å². The van der Waals surface area contributed by atoms with Crippen LogP contribution in [0.15, 0.2) is 59.4 Å². The maximum atomic E-state index is 13.0. The third-order valence-electron chi connectivity index (χ3n) is 4.53. The van der Waals surface area contributed by atoms with Gasteiger partial charge < -0.3 is 9.84 Å². The Hall–Kier alpha value is -3.19. The summed E-state index contributed by atoms with van der Waals surface area (Å²) in [5, 5.41) is 7.15. The largest absolute Gasteiger partial charge is 0.356 e. The van der Waals surface area contributed by atoms with Crippen LogP contribution in [0, 0.1) is 0 Å². The highest BCUT2D eigenvalue weighted by Gasteiger charge is 2.50. The van der Waals surface area contributed by atoms with Gasteiger partial charge in [-0.2, -0.15) is 0 Å². The zero-order chi connectivity index (χ0) is 19.0. The molecule has 1 saturated heterocycles. The first kappa shape index (κ1) is 17.2. The second-order valence-electron chi connectivity index (χ2n) is 6.35. The van der Waals surface area contributed by atoms with Crippen LogP contribution in [-0.2, 0) is 16.9 Å². The Kier molecular flexibility index (Phi) is 4.16. The number of benzene rings is 1. The van der Waals surface area contributed by atoms with Crippen molar-refractivity contribution in [1.29, 1.82) is 0 Å². The molecule has 0 radical (unpaired) electrons. The van der Waals surface area contributed by atoms with E-state index in [1.807, 2.05) is 0 Å².